The minimum atomic E-state index is -1.70. The fraction of sp³-hybridized carbons (Fsp3) is 0.806. The second-order valence-electron chi connectivity index (χ2n) is 14.8. The van der Waals surface area contributed by atoms with Crippen LogP contribution in [0.4, 0.5) is 0 Å². The number of likely N-dealkylation sites (N-methyl/N-ethyl adjacent to an activating group) is 1. The van der Waals surface area contributed by atoms with Gasteiger partial charge in [-0.1, -0.05) is 6.92 Å². The Hall–Kier alpha value is -4.15. The Morgan fingerprint density at radius 3 is 1.95 bits per heavy atom. The summed E-state index contributed by atoms with van der Waals surface area (Å²) < 4.78 is 23.5. The molecule has 2 rings (SSSR count). The Balaban J connectivity index is 2.18. The molecule has 0 radical (unpaired) electrons. The molecule has 0 spiro atoms. The van der Waals surface area contributed by atoms with Crippen LogP contribution in [-0.4, -0.2) is 190 Å². The molecule has 2 saturated heterocycles. The summed E-state index contributed by atoms with van der Waals surface area (Å²) in [5, 5.41) is 76.3. The van der Waals surface area contributed by atoms with Crippen molar-refractivity contribution in [1.82, 2.24) is 31.9 Å². The van der Waals surface area contributed by atoms with Crippen LogP contribution in [0.2, 0.25) is 0 Å². The number of aliphatic hydroxyl groups is 5. The molecule has 6 amide bonds. The molecule has 2 heterocycles. The maximum atomic E-state index is 13.5. The highest BCUT2D eigenvalue weighted by molar-refractivity contribution is 5.93. The Bertz CT molecular complexity index is 1480. The van der Waals surface area contributed by atoms with Gasteiger partial charge in [-0.3, -0.25) is 33.6 Å². The average molecular weight is 881 g/mol. The second-order valence-corrected chi connectivity index (χ2v) is 14.8. The number of aliphatic carboxylic acids is 1. The zero-order valence-corrected chi connectivity index (χ0v) is 34.9. The van der Waals surface area contributed by atoms with Gasteiger partial charge in [0.05, 0.1) is 19.3 Å². The molecule has 61 heavy (non-hydrogen) atoms. The van der Waals surface area contributed by atoms with Crippen molar-refractivity contribution in [2.24, 2.45) is 11.5 Å². The number of carboxylic acid groups (broad SMARTS) is 1. The van der Waals surface area contributed by atoms with Crippen molar-refractivity contribution in [2.75, 3.05) is 26.3 Å². The summed E-state index contributed by atoms with van der Waals surface area (Å²) in [4.78, 5) is 87.7. The second kappa shape index (κ2) is 25.7. The first-order valence-corrected chi connectivity index (χ1v) is 20.0. The minimum absolute atomic E-state index is 0.144. The van der Waals surface area contributed by atoms with E-state index in [1.165, 1.54) is 20.8 Å². The van der Waals surface area contributed by atoms with E-state index in [0.717, 1.165) is 6.92 Å². The molecule has 0 aromatic heterocycles. The van der Waals surface area contributed by atoms with Crippen LogP contribution < -0.4 is 43.4 Å². The van der Waals surface area contributed by atoms with E-state index in [9.17, 15) is 59.1 Å². The number of amides is 6. The molecule has 25 nitrogen and oxygen atoms in total. The van der Waals surface area contributed by atoms with Gasteiger partial charge in [0.1, 0.15) is 72.9 Å². The number of nitrogens with one attached hydrogen (secondary N) is 6. The van der Waals surface area contributed by atoms with Gasteiger partial charge < -0.3 is 93.0 Å². The Kier molecular flexibility index (Phi) is 22.3. The molecule has 15 atom stereocenters. The highest BCUT2D eigenvalue weighted by Gasteiger charge is 2.52. The molecule has 350 valence electrons. The minimum Gasteiger partial charge on any atom is -0.480 e. The smallest absolute Gasteiger partial charge is 0.325 e. The van der Waals surface area contributed by atoms with E-state index in [-0.39, 0.29) is 19.4 Å². The standard InChI is InChI=1S/C36H64N8O17/c1-6-39-25-29(28(22(14-46)59-35(25)57)61-36-24(42-18(5)47)27(50)26(49)21(13-45)60-36)58-17(4)32(53)40-15(2)31(52)44-19(30(38)51)10-11-23(48)43-20(9-7-8-12-37)33(54)41-16(3)34(55)56/h15-17,19-22,24-29,35-36,39,45-46,49-50,57H,6-14,37H2,1-5H3,(H2,38,51)(H,40,53)(H,41,54)(H,42,47)(H,43,48)(H,44,52)(H,55,56)/t15-,16+,17?,19-,20-,21-,22-,24-,25-,26-,27-,28-,29-,35?,36+/m1/s1. The largest absolute Gasteiger partial charge is 0.480 e. The first-order valence-electron chi connectivity index (χ1n) is 20.0. The Labute approximate surface area is 352 Å². The van der Waals surface area contributed by atoms with Gasteiger partial charge in [0, 0.05) is 13.3 Å². The van der Waals surface area contributed by atoms with Gasteiger partial charge in [-0.2, -0.15) is 0 Å². The fourth-order valence-corrected chi connectivity index (χ4v) is 6.54. The lowest BCUT2D eigenvalue weighted by molar-refractivity contribution is -0.333. The number of aliphatic hydroxyl groups excluding tert-OH is 5. The monoisotopic (exact) mass is 880 g/mol. The molecule has 0 aromatic carbocycles. The lowest BCUT2D eigenvalue weighted by atomic mass is 9.94. The number of hydrogen-bond acceptors (Lipinski definition) is 18. The number of rotatable bonds is 25. The van der Waals surface area contributed by atoms with Crippen molar-refractivity contribution in [3.8, 4) is 0 Å². The molecule has 0 saturated carbocycles. The van der Waals surface area contributed by atoms with Gasteiger partial charge in [0.25, 0.3) is 0 Å². The Morgan fingerprint density at radius 2 is 1.39 bits per heavy atom. The van der Waals surface area contributed by atoms with Gasteiger partial charge in [-0.15, -0.1) is 0 Å². The summed E-state index contributed by atoms with van der Waals surface area (Å²) in [5.41, 5.74) is 11.0. The molecule has 25 heteroatoms. The van der Waals surface area contributed by atoms with Gasteiger partial charge in [-0.25, -0.2) is 0 Å². The van der Waals surface area contributed by atoms with E-state index in [0.29, 0.717) is 19.4 Å². The topological polar surface area (TPSA) is 402 Å². The third-order valence-electron chi connectivity index (χ3n) is 9.96. The molecule has 2 aliphatic heterocycles. The third kappa shape index (κ3) is 15.9. The summed E-state index contributed by atoms with van der Waals surface area (Å²) in [6.45, 7) is 5.66. The van der Waals surface area contributed by atoms with Crippen LogP contribution in [0.25, 0.3) is 0 Å². The number of primary amides is 1. The third-order valence-corrected chi connectivity index (χ3v) is 9.96. The van der Waals surface area contributed by atoms with Gasteiger partial charge in [0.15, 0.2) is 12.6 Å². The zero-order valence-electron chi connectivity index (χ0n) is 34.9. The van der Waals surface area contributed by atoms with Crippen LogP contribution in [0, 0.1) is 0 Å². The summed E-state index contributed by atoms with van der Waals surface area (Å²) >= 11 is 0. The highest BCUT2D eigenvalue weighted by Crippen LogP contribution is 2.31. The molecule has 0 aromatic rings. The van der Waals surface area contributed by atoms with Gasteiger partial charge in [0.2, 0.25) is 35.4 Å². The molecule has 0 bridgehead atoms. The summed E-state index contributed by atoms with van der Waals surface area (Å²) in [7, 11) is 0. The molecular formula is C36H64N8O17. The van der Waals surface area contributed by atoms with E-state index in [1.54, 1.807) is 6.92 Å². The predicted molar refractivity (Wildman–Crippen MR) is 208 cm³/mol. The first-order chi connectivity index (χ1) is 28.7. The highest BCUT2D eigenvalue weighted by atomic mass is 16.7. The van der Waals surface area contributed by atoms with Crippen LogP contribution in [-0.2, 0) is 52.5 Å². The van der Waals surface area contributed by atoms with Crippen LogP contribution in [0.15, 0.2) is 0 Å². The van der Waals surface area contributed by atoms with Gasteiger partial charge >= 0.3 is 5.97 Å². The number of ether oxygens (including phenoxy) is 4. The summed E-state index contributed by atoms with van der Waals surface area (Å²) in [6.07, 6.45) is -13.1. The summed E-state index contributed by atoms with van der Waals surface area (Å²) in [6, 6.07) is -7.64. The SMILES string of the molecule is CCN[C@H]1C(O)O[C@H](CO)[C@@H](O[C@@H]2O[C@H](CO)[C@@H](O)[C@H](O)[C@H]2NC(C)=O)[C@@H]1OC(C)C(=O)N[C@H](C)C(=O)N[C@H](CCC(=O)N[C@H](CCCCN)C(=O)N[C@@H](C)C(=O)O)C(N)=O. The van der Waals surface area contributed by atoms with Crippen molar-refractivity contribution in [2.45, 2.75) is 158 Å². The fourth-order valence-electron chi connectivity index (χ4n) is 6.54. The van der Waals surface area contributed by atoms with Crippen LogP contribution in [0.5, 0.6) is 0 Å². The molecule has 16 N–H and O–H groups in total. The molecular weight excluding hydrogens is 816 g/mol. The van der Waals surface area contributed by atoms with E-state index in [4.69, 9.17) is 35.5 Å². The predicted octanol–water partition coefficient (Wildman–Crippen LogP) is -6.77. The lowest BCUT2D eigenvalue weighted by Gasteiger charge is -2.48. The maximum Gasteiger partial charge on any atom is 0.325 e. The first kappa shape index (κ1) is 53.0. The number of carbonyl (C=O) groups is 7. The van der Waals surface area contributed by atoms with Crippen molar-refractivity contribution in [3.63, 3.8) is 0 Å². The van der Waals surface area contributed by atoms with Crippen LogP contribution >= 0.6 is 0 Å². The van der Waals surface area contributed by atoms with Crippen molar-refractivity contribution in [3.05, 3.63) is 0 Å². The molecule has 0 aliphatic carbocycles. The molecule has 2 unspecified atom stereocenters. The lowest BCUT2D eigenvalue weighted by Crippen LogP contribution is -2.69. The molecule has 2 fully saturated rings. The van der Waals surface area contributed by atoms with Crippen molar-refractivity contribution < 1.29 is 83.1 Å². The van der Waals surface area contributed by atoms with E-state index < -0.39 is 153 Å². The zero-order chi connectivity index (χ0) is 46.1. The Morgan fingerprint density at radius 1 is 0.754 bits per heavy atom. The number of nitrogens with two attached hydrogens (primary N) is 2. The van der Waals surface area contributed by atoms with Crippen molar-refractivity contribution in [1.29, 1.82) is 0 Å². The number of carbonyl (C=O) groups excluding carboxylic acids is 6. The number of hydrogen-bond donors (Lipinski definition) is 14. The van der Waals surface area contributed by atoms with Gasteiger partial charge in [-0.05, 0) is 59.5 Å². The average Bonchev–Trinajstić information content (AvgIpc) is 3.20. The number of carboxylic acids is 1. The normalized spacial score (nSPS) is 28.8. The van der Waals surface area contributed by atoms with Crippen LogP contribution in [0.3, 0.4) is 0 Å². The van der Waals surface area contributed by atoms with E-state index in [2.05, 4.69) is 31.9 Å². The summed E-state index contributed by atoms with van der Waals surface area (Å²) in [5.74, 6) is -6.16. The van der Waals surface area contributed by atoms with Crippen LogP contribution in [0.1, 0.15) is 66.7 Å². The number of unbranched alkanes of at least 4 members (excludes halogenated alkanes) is 1. The molecule has 2 aliphatic rings. The van der Waals surface area contributed by atoms with E-state index >= 15 is 0 Å². The quantitative estimate of drug-likeness (QED) is 0.0379. The van der Waals surface area contributed by atoms with Crippen molar-refractivity contribution >= 4 is 41.4 Å². The van der Waals surface area contributed by atoms with E-state index in [1.807, 2.05) is 0 Å². The maximum absolute atomic E-state index is 13.5.